The van der Waals surface area contributed by atoms with E-state index in [-0.39, 0.29) is 17.7 Å². The molecule has 1 fully saturated rings. The molecule has 1 saturated heterocycles. The Morgan fingerprint density at radius 2 is 2.11 bits per heavy atom. The average Bonchev–Trinajstić information content (AvgIpc) is 2.38. The summed E-state index contributed by atoms with van der Waals surface area (Å²) in [6.07, 6.45) is 0. The summed E-state index contributed by atoms with van der Waals surface area (Å²) in [6, 6.07) is 6.52. The highest BCUT2D eigenvalue weighted by Gasteiger charge is 2.36. The lowest BCUT2D eigenvalue weighted by Gasteiger charge is -2.36. The molecule has 4 nitrogen and oxygen atoms in total. The van der Waals surface area contributed by atoms with Gasteiger partial charge in [0.2, 0.25) is 11.8 Å². The van der Waals surface area contributed by atoms with Gasteiger partial charge in [0.25, 0.3) is 0 Å². The maximum Gasteiger partial charge on any atom is 0.247 e. The standard InChI is InChI=1S/C14H17ClN2O2/c1-9(2)14(19)17-8-7-16-13(18)12(17)10-5-3-4-6-11(10)15/h3-6,9,12H,7-8H2,1-2H3,(H,16,18)/t12-/m0/s1. The van der Waals surface area contributed by atoms with Gasteiger partial charge in [-0.25, -0.2) is 0 Å². The fourth-order valence-electron chi connectivity index (χ4n) is 2.24. The maximum atomic E-state index is 12.2. The van der Waals surface area contributed by atoms with Crippen LogP contribution in [0.4, 0.5) is 0 Å². The summed E-state index contributed by atoms with van der Waals surface area (Å²) in [5, 5.41) is 3.30. The van der Waals surface area contributed by atoms with Crippen LogP contribution in [0.1, 0.15) is 25.5 Å². The lowest BCUT2D eigenvalue weighted by Crippen LogP contribution is -2.53. The van der Waals surface area contributed by atoms with Crippen LogP contribution < -0.4 is 5.32 Å². The van der Waals surface area contributed by atoms with Crippen LogP contribution in [0.5, 0.6) is 0 Å². The zero-order chi connectivity index (χ0) is 14.0. The van der Waals surface area contributed by atoms with Crippen molar-refractivity contribution in [2.75, 3.05) is 13.1 Å². The van der Waals surface area contributed by atoms with E-state index >= 15 is 0 Å². The Labute approximate surface area is 117 Å². The van der Waals surface area contributed by atoms with Gasteiger partial charge < -0.3 is 10.2 Å². The second-order valence-electron chi connectivity index (χ2n) is 4.90. The SMILES string of the molecule is CC(C)C(=O)N1CCNC(=O)[C@@H]1c1ccccc1Cl. The highest BCUT2D eigenvalue weighted by Crippen LogP contribution is 2.30. The number of hydrogen-bond donors (Lipinski definition) is 1. The number of amides is 2. The predicted octanol–water partition coefficient (Wildman–Crippen LogP) is 2.00. The second-order valence-corrected chi connectivity index (χ2v) is 5.31. The largest absolute Gasteiger partial charge is 0.352 e. The Morgan fingerprint density at radius 1 is 1.42 bits per heavy atom. The normalized spacial score (nSPS) is 19.5. The van der Waals surface area contributed by atoms with Gasteiger partial charge in [-0.15, -0.1) is 0 Å². The topological polar surface area (TPSA) is 49.4 Å². The molecule has 0 bridgehead atoms. The van der Waals surface area contributed by atoms with Crippen molar-refractivity contribution in [2.24, 2.45) is 5.92 Å². The first-order chi connectivity index (χ1) is 9.02. The Hall–Kier alpha value is -1.55. The fourth-order valence-corrected chi connectivity index (χ4v) is 2.48. The molecule has 0 aliphatic carbocycles. The van der Waals surface area contributed by atoms with E-state index in [9.17, 15) is 9.59 Å². The van der Waals surface area contributed by atoms with E-state index in [2.05, 4.69) is 5.32 Å². The first kappa shape index (κ1) is 13.9. The lowest BCUT2D eigenvalue weighted by atomic mass is 10.0. The van der Waals surface area contributed by atoms with Crippen molar-refractivity contribution in [3.8, 4) is 0 Å². The molecule has 1 atom stereocenters. The molecule has 2 rings (SSSR count). The third-order valence-corrected chi connectivity index (χ3v) is 3.53. The second kappa shape index (κ2) is 5.61. The van der Waals surface area contributed by atoms with E-state index in [1.165, 1.54) is 0 Å². The van der Waals surface area contributed by atoms with Gasteiger partial charge in [-0.1, -0.05) is 43.6 Å². The number of piperazine rings is 1. The Kier molecular flexibility index (Phi) is 4.10. The number of carbonyl (C=O) groups is 2. The van der Waals surface area contributed by atoms with Gasteiger partial charge in [0.1, 0.15) is 6.04 Å². The monoisotopic (exact) mass is 280 g/mol. The van der Waals surface area contributed by atoms with E-state index < -0.39 is 6.04 Å². The number of nitrogens with one attached hydrogen (secondary N) is 1. The van der Waals surface area contributed by atoms with Crippen LogP contribution in [-0.4, -0.2) is 29.8 Å². The van der Waals surface area contributed by atoms with Gasteiger partial charge in [-0.05, 0) is 6.07 Å². The van der Waals surface area contributed by atoms with Crippen LogP contribution >= 0.6 is 11.6 Å². The molecule has 1 aliphatic heterocycles. The lowest BCUT2D eigenvalue weighted by molar-refractivity contribution is -0.145. The van der Waals surface area contributed by atoms with Crippen molar-refractivity contribution in [3.63, 3.8) is 0 Å². The van der Waals surface area contributed by atoms with E-state index in [0.717, 1.165) is 0 Å². The number of carbonyl (C=O) groups excluding carboxylic acids is 2. The van der Waals surface area contributed by atoms with Gasteiger partial charge in [-0.2, -0.15) is 0 Å². The molecule has 1 aliphatic rings. The molecule has 1 aromatic carbocycles. The first-order valence-corrected chi connectivity index (χ1v) is 6.72. The summed E-state index contributed by atoms with van der Waals surface area (Å²) >= 11 is 6.15. The molecule has 102 valence electrons. The summed E-state index contributed by atoms with van der Waals surface area (Å²) in [4.78, 5) is 26.0. The minimum Gasteiger partial charge on any atom is -0.352 e. The molecular formula is C14H17ClN2O2. The summed E-state index contributed by atoms with van der Waals surface area (Å²) in [5.41, 5.74) is 0.676. The van der Waals surface area contributed by atoms with Gasteiger partial charge in [0.05, 0.1) is 0 Å². The molecule has 2 amide bonds. The molecule has 0 unspecified atom stereocenters. The molecular weight excluding hydrogens is 264 g/mol. The van der Waals surface area contributed by atoms with Crippen molar-refractivity contribution in [1.82, 2.24) is 10.2 Å². The molecule has 0 aromatic heterocycles. The van der Waals surface area contributed by atoms with Gasteiger partial charge >= 0.3 is 0 Å². The minimum atomic E-state index is -0.627. The number of rotatable bonds is 2. The molecule has 1 heterocycles. The van der Waals surface area contributed by atoms with Crippen LogP contribution in [0, 0.1) is 5.92 Å². The molecule has 0 saturated carbocycles. The Bertz CT molecular complexity index is 502. The highest BCUT2D eigenvalue weighted by molar-refractivity contribution is 6.31. The van der Waals surface area contributed by atoms with Crippen LogP contribution in [-0.2, 0) is 9.59 Å². The van der Waals surface area contributed by atoms with Crippen molar-refractivity contribution < 1.29 is 9.59 Å². The minimum absolute atomic E-state index is 0.0280. The smallest absolute Gasteiger partial charge is 0.247 e. The fraction of sp³-hybridized carbons (Fsp3) is 0.429. The third kappa shape index (κ3) is 2.73. The zero-order valence-corrected chi connectivity index (χ0v) is 11.8. The summed E-state index contributed by atoms with van der Waals surface area (Å²) in [6.45, 7) is 4.66. The third-order valence-electron chi connectivity index (χ3n) is 3.19. The van der Waals surface area contributed by atoms with Crippen LogP contribution in [0.25, 0.3) is 0 Å². The van der Waals surface area contributed by atoms with E-state index in [1.807, 2.05) is 19.9 Å². The molecule has 1 N–H and O–H groups in total. The molecule has 1 aromatic rings. The summed E-state index contributed by atoms with van der Waals surface area (Å²) in [5.74, 6) is -0.344. The van der Waals surface area contributed by atoms with Crippen molar-refractivity contribution in [3.05, 3.63) is 34.9 Å². The zero-order valence-electron chi connectivity index (χ0n) is 11.0. The maximum absolute atomic E-state index is 12.2. The van der Waals surface area contributed by atoms with E-state index in [4.69, 9.17) is 11.6 Å². The van der Waals surface area contributed by atoms with Crippen molar-refractivity contribution in [2.45, 2.75) is 19.9 Å². The number of nitrogens with zero attached hydrogens (tertiary/aromatic N) is 1. The van der Waals surface area contributed by atoms with E-state index in [1.54, 1.807) is 23.1 Å². The van der Waals surface area contributed by atoms with Gasteiger partial charge in [0.15, 0.2) is 0 Å². The number of benzene rings is 1. The number of halogens is 1. The highest BCUT2D eigenvalue weighted by atomic mass is 35.5. The Morgan fingerprint density at radius 3 is 2.74 bits per heavy atom. The quantitative estimate of drug-likeness (QED) is 0.901. The Balaban J connectivity index is 2.40. The predicted molar refractivity (Wildman–Crippen MR) is 73.8 cm³/mol. The van der Waals surface area contributed by atoms with E-state index in [0.29, 0.717) is 23.7 Å². The van der Waals surface area contributed by atoms with Crippen LogP contribution in [0.2, 0.25) is 5.02 Å². The molecule has 19 heavy (non-hydrogen) atoms. The van der Waals surface area contributed by atoms with Crippen LogP contribution in [0.3, 0.4) is 0 Å². The van der Waals surface area contributed by atoms with Crippen molar-refractivity contribution >= 4 is 23.4 Å². The van der Waals surface area contributed by atoms with Gasteiger partial charge in [0, 0.05) is 29.6 Å². The summed E-state index contributed by atoms with van der Waals surface area (Å²) in [7, 11) is 0. The van der Waals surface area contributed by atoms with Gasteiger partial charge in [-0.3, -0.25) is 9.59 Å². The van der Waals surface area contributed by atoms with Crippen molar-refractivity contribution in [1.29, 1.82) is 0 Å². The first-order valence-electron chi connectivity index (χ1n) is 6.35. The molecule has 5 heteroatoms. The summed E-state index contributed by atoms with van der Waals surface area (Å²) < 4.78 is 0. The number of hydrogen-bond acceptors (Lipinski definition) is 2. The van der Waals surface area contributed by atoms with Crippen LogP contribution in [0.15, 0.2) is 24.3 Å². The molecule has 0 spiro atoms. The molecule has 0 radical (unpaired) electrons. The average molecular weight is 281 g/mol.